The average molecular weight is 320 g/mol. The van der Waals surface area contributed by atoms with Crippen molar-refractivity contribution in [3.63, 3.8) is 0 Å². The smallest absolute Gasteiger partial charge is 0.262 e. The molecule has 116 valence electrons. The Morgan fingerprint density at radius 2 is 1.82 bits per heavy atom. The first kappa shape index (κ1) is 16.2. The predicted octanol–water partition coefficient (Wildman–Crippen LogP) is 3.99. The SMILES string of the molecule is Cc1cc(Cl)cc(NC(=O)COc2c(C)cccc2C)c1O. The van der Waals surface area contributed by atoms with Gasteiger partial charge in [0.25, 0.3) is 5.91 Å². The lowest BCUT2D eigenvalue weighted by Crippen LogP contribution is -2.20. The molecule has 0 bridgehead atoms. The molecule has 0 aliphatic carbocycles. The predicted molar refractivity (Wildman–Crippen MR) is 87.9 cm³/mol. The number of halogens is 1. The van der Waals surface area contributed by atoms with Crippen LogP contribution in [0.3, 0.4) is 0 Å². The number of benzene rings is 2. The largest absolute Gasteiger partial charge is 0.505 e. The van der Waals surface area contributed by atoms with Crippen LogP contribution in [0.4, 0.5) is 5.69 Å². The van der Waals surface area contributed by atoms with Crippen LogP contribution in [-0.2, 0) is 4.79 Å². The monoisotopic (exact) mass is 319 g/mol. The number of amides is 1. The van der Waals surface area contributed by atoms with E-state index in [1.165, 1.54) is 6.07 Å². The number of ether oxygens (including phenoxy) is 1. The van der Waals surface area contributed by atoms with Crippen LogP contribution in [0, 0.1) is 20.8 Å². The molecule has 2 aromatic rings. The summed E-state index contributed by atoms with van der Waals surface area (Å²) in [7, 11) is 0. The Kier molecular flexibility index (Phi) is 4.93. The quantitative estimate of drug-likeness (QED) is 0.838. The Labute approximate surface area is 134 Å². The number of phenols is 1. The zero-order valence-electron chi connectivity index (χ0n) is 12.7. The van der Waals surface area contributed by atoms with Crippen molar-refractivity contribution in [2.45, 2.75) is 20.8 Å². The van der Waals surface area contributed by atoms with Crippen molar-refractivity contribution >= 4 is 23.2 Å². The summed E-state index contributed by atoms with van der Waals surface area (Å²) in [5, 5.41) is 13.0. The number of hydrogen-bond acceptors (Lipinski definition) is 3. The molecule has 4 nitrogen and oxygen atoms in total. The molecular formula is C17H18ClNO3. The third kappa shape index (κ3) is 3.71. The highest BCUT2D eigenvalue weighted by atomic mass is 35.5. The molecule has 0 aliphatic heterocycles. The molecule has 0 saturated carbocycles. The highest BCUT2D eigenvalue weighted by Crippen LogP contribution is 2.31. The summed E-state index contributed by atoms with van der Waals surface area (Å²) in [5.41, 5.74) is 2.81. The second-order valence-electron chi connectivity index (χ2n) is 5.18. The van der Waals surface area contributed by atoms with Gasteiger partial charge < -0.3 is 15.2 Å². The fourth-order valence-corrected chi connectivity index (χ4v) is 2.45. The second-order valence-corrected chi connectivity index (χ2v) is 5.61. The topological polar surface area (TPSA) is 58.6 Å². The van der Waals surface area contributed by atoms with Gasteiger partial charge in [-0.1, -0.05) is 29.8 Å². The number of phenolic OH excluding ortho intramolecular Hbond substituents is 1. The van der Waals surface area contributed by atoms with E-state index in [1.807, 2.05) is 32.0 Å². The van der Waals surface area contributed by atoms with Crippen LogP contribution in [0.25, 0.3) is 0 Å². The number of anilines is 1. The van der Waals surface area contributed by atoms with Crippen molar-refractivity contribution in [2.75, 3.05) is 11.9 Å². The van der Waals surface area contributed by atoms with Gasteiger partial charge in [-0.2, -0.15) is 0 Å². The molecule has 2 aromatic carbocycles. The summed E-state index contributed by atoms with van der Waals surface area (Å²) in [6.45, 7) is 5.42. The lowest BCUT2D eigenvalue weighted by Gasteiger charge is -2.13. The number of aromatic hydroxyl groups is 1. The number of carbonyl (C=O) groups excluding carboxylic acids is 1. The zero-order valence-corrected chi connectivity index (χ0v) is 13.5. The maximum atomic E-state index is 12.0. The maximum Gasteiger partial charge on any atom is 0.262 e. The van der Waals surface area contributed by atoms with E-state index in [-0.39, 0.29) is 24.0 Å². The molecule has 1 amide bonds. The third-order valence-electron chi connectivity index (χ3n) is 3.30. The number of rotatable bonds is 4. The molecule has 5 heteroatoms. The maximum absolute atomic E-state index is 12.0. The Morgan fingerprint density at radius 1 is 1.18 bits per heavy atom. The van der Waals surface area contributed by atoms with Crippen LogP contribution in [0.2, 0.25) is 5.02 Å². The van der Waals surface area contributed by atoms with E-state index in [4.69, 9.17) is 16.3 Å². The van der Waals surface area contributed by atoms with Crippen LogP contribution in [0.5, 0.6) is 11.5 Å². The fourth-order valence-electron chi connectivity index (χ4n) is 2.18. The van der Waals surface area contributed by atoms with Gasteiger partial charge in [0.05, 0.1) is 5.69 Å². The molecule has 22 heavy (non-hydrogen) atoms. The van der Waals surface area contributed by atoms with E-state index < -0.39 is 0 Å². The fraction of sp³-hybridized carbons (Fsp3) is 0.235. The molecule has 0 unspecified atom stereocenters. The Morgan fingerprint density at radius 3 is 2.45 bits per heavy atom. The van der Waals surface area contributed by atoms with Gasteiger partial charge >= 0.3 is 0 Å². The van der Waals surface area contributed by atoms with E-state index >= 15 is 0 Å². The highest BCUT2D eigenvalue weighted by molar-refractivity contribution is 6.31. The van der Waals surface area contributed by atoms with E-state index in [2.05, 4.69) is 5.32 Å². The molecule has 2 rings (SSSR count). The van der Waals surface area contributed by atoms with Crippen molar-refractivity contribution in [3.05, 3.63) is 52.0 Å². The number of para-hydroxylation sites is 1. The normalized spacial score (nSPS) is 10.4. The van der Waals surface area contributed by atoms with Crippen molar-refractivity contribution in [1.82, 2.24) is 0 Å². The molecule has 0 heterocycles. The molecule has 0 atom stereocenters. The summed E-state index contributed by atoms with van der Waals surface area (Å²) >= 11 is 5.93. The van der Waals surface area contributed by atoms with Crippen molar-refractivity contribution < 1.29 is 14.6 Å². The van der Waals surface area contributed by atoms with E-state index in [0.717, 1.165) is 11.1 Å². The van der Waals surface area contributed by atoms with Gasteiger partial charge in [0.2, 0.25) is 0 Å². The number of hydrogen-bond donors (Lipinski definition) is 2. The summed E-state index contributed by atoms with van der Waals surface area (Å²) in [4.78, 5) is 12.0. The Balaban J connectivity index is 2.05. The average Bonchev–Trinajstić information content (AvgIpc) is 2.43. The summed E-state index contributed by atoms with van der Waals surface area (Å²) in [6, 6.07) is 8.91. The first-order valence-corrected chi connectivity index (χ1v) is 7.24. The van der Waals surface area contributed by atoms with Crippen LogP contribution in [0.1, 0.15) is 16.7 Å². The standard InChI is InChI=1S/C17H18ClNO3/c1-10-5-4-6-11(2)17(10)22-9-15(20)19-14-8-13(18)7-12(3)16(14)21/h4-8,21H,9H2,1-3H3,(H,19,20). The minimum absolute atomic E-state index is 0.00447. The van der Waals surface area contributed by atoms with Crippen molar-refractivity contribution in [2.24, 2.45) is 0 Å². The van der Waals surface area contributed by atoms with E-state index in [9.17, 15) is 9.90 Å². The van der Waals surface area contributed by atoms with Gasteiger partial charge in [-0.25, -0.2) is 0 Å². The van der Waals surface area contributed by atoms with Crippen LogP contribution >= 0.6 is 11.6 Å². The molecule has 0 aliphatic rings. The van der Waals surface area contributed by atoms with Gasteiger partial charge in [0, 0.05) is 5.02 Å². The molecule has 0 aromatic heterocycles. The lowest BCUT2D eigenvalue weighted by atomic mass is 10.1. The van der Waals surface area contributed by atoms with E-state index in [1.54, 1.807) is 13.0 Å². The first-order chi connectivity index (χ1) is 10.4. The minimum atomic E-state index is -0.361. The first-order valence-electron chi connectivity index (χ1n) is 6.86. The van der Waals surface area contributed by atoms with Crippen molar-refractivity contribution in [3.8, 4) is 11.5 Å². The third-order valence-corrected chi connectivity index (χ3v) is 3.51. The van der Waals surface area contributed by atoms with Crippen LogP contribution in [-0.4, -0.2) is 17.6 Å². The lowest BCUT2D eigenvalue weighted by molar-refractivity contribution is -0.118. The molecule has 0 saturated heterocycles. The Bertz CT molecular complexity index is 693. The molecule has 0 radical (unpaired) electrons. The van der Waals surface area contributed by atoms with Crippen LogP contribution in [0.15, 0.2) is 30.3 Å². The second kappa shape index (κ2) is 6.71. The van der Waals surface area contributed by atoms with Crippen LogP contribution < -0.4 is 10.1 Å². The molecule has 2 N–H and O–H groups in total. The number of carbonyl (C=O) groups is 1. The van der Waals surface area contributed by atoms with Gasteiger partial charge in [0.15, 0.2) is 6.61 Å². The molecule has 0 fully saturated rings. The van der Waals surface area contributed by atoms with E-state index in [0.29, 0.717) is 16.3 Å². The zero-order chi connectivity index (χ0) is 16.3. The summed E-state index contributed by atoms with van der Waals surface area (Å²) in [5.74, 6) is 0.341. The summed E-state index contributed by atoms with van der Waals surface area (Å²) in [6.07, 6.45) is 0. The summed E-state index contributed by atoms with van der Waals surface area (Å²) < 4.78 is 5.58. The Hall–Kier alpha value is -2.20. The molecule has 0 spiro atoms. The van der Waals surface area contributed by atoms with Gasteiger partial charge in [0.1, 0.15) is 11.5 Å². The highest BCUT2D eigenvalue weighted by Gasteiger charge is 2.11. The van der Waals surface area contributed by atoms with Gasteiger partial charge in [-0.3, -0.25) is 4.79 Å². The minimum Gasteiger partial charge on any atom is -0.505 e. The number of aryl methyl sites for hydroxylation is 3. The molecular weight excluding hydrogens is 302 g/mol. The van der Waals surface area contributed by atoms with Gasteiger partial charge in [-0.15, -0.1) is 0 Å². The van der Waals surface area contributed by atoms with Crippen molar-refractivity contribution in [1.29, 1.82) is 0 Å². The number of nitrogens with one attached hydrogen (secondary N) is 1. The van der Waals surface area contributed by atoms with Gasteiger partial charge in [-0.05, 0) is 49.6 Å².